The molecule has 0 saturated carbocycles. The van der Waals surface area contributed by atoms with Crippen LogP contribution < -0.4 is 10.1 Å². The lowest BCUT2D eigenvalue weighted by Gasteiger charge is -2.27. The number of nitrogens with one attached hydrogen (secondary N) is 1. The number of halogens is 1. The Hall–Kier alpha value is -0.580. The highest BCUT2D eigenvalue weighted by Gasteiger charge is 2.17. The van der Waals surface area contributed by atoms with Crippen molar-refractivity contribution in [3.63, 3.8) is 0 Å². The first kappa shape index (κ1) is 10.9. The highest BCUT2D eigenvalue weighted by molar-refractivity contribution is 9.10. The zero-order valence-electron chi connectivity index (χ0n) is 8.63. The van der Waals surface area contributed by atoms with Gasteiger partial charge in [-0.2, -0.15) is 0 Å². The standard InChI is InChI=1S/C11H14BrNO2/c1-14-10-2-3-11(12)8(4-10)5-13-9-6-15-7-9/h2-4,9,13H,5-7H2,1H3. The molecule has 1 aliphatic heterocycles. The van der Waals surface area contributed by atoms with Crippen molar-refractivity contribution in [3.8, 4) is 5.75 Å². The SMILES string of the molecule is COc1ccc(Br)c(CNC2COC2)c1. The third kappa shape index (κ3) is 2.71. The summed E-state index contributed by atoms with van der Waals surface area (Å²) in [5, 5.41) is 3.42. The van der Waals surface area contributed by atoms with Gasteiger partial charge in [0.15, 0.2) is 0 Å². The zero-order valence-corrected chi connectivity index (χ0v) is 10.2. The first-order chi connectivity index (χ1) is 7.29. The van der Waals surface area contributed by atoms with Gasteiger partial charge in [0, 0.05) is 11.0 Å². The van der Waals surface area contributed by atoms with Crippen molar-refractivity contribution >= 4 is 15.9 Å². The van der Waals surface area contributed by atoms with Gasteiger partial charge in [-0.1, -0.05) is 15.9 Å². The van der Waals surface area contributed by atoms with Gasteiger partial charge < -0.3 is 14.8 Å². The van der Waals surface area contributed by atoms with E-state index < -0.39 is 0 Å². The van der Waals surface area contributed by atoms with Crippen LogP contribution in [-0.4, -0.2) is 26.4 Å². The predicted molar refractivity (Wildman–Crippen MR) is 62.1 cm³/mol. The van der Waals surface area contributed by atoms with E-state index in [1.54, 1.807) is 7.11 Å². The Morgan fingerprint density at radius 1 is 1.53 bits per heavy atom. The van der Waals surface area contributed by atoms with Crippen LogP contribution in [0.2, 0.25) is 0 Å². The number of benzene rings is 1. The molecular weight excluding hydrogens is 258 g/mol. The van der Waals surface area contributed by atoms with Crippen LogP contribution in [0.4, 0.5) is 0 Å². The molecule has 15 heavy (non-hydrogen) atoms. The van der Waals surface area contributed by atoms with Gasteiger partial charge in [-0.3, -0.25) is 0 Å². The lowest BCUT2D eigenvalue weighted by molar-refractivity contribution is -0.00580. The summed E-state index contributed by atoms with van der Waals surface area (Å²) in [6, 6.07) is 6.49. The van der Waals surface area contributed by atoms with Crippen LogP contribution in [0.1, 0.15) is 5.56 Å². The van der Waals surface area contributed by atoms with E-state index in [0.717, 1.165) is 30.0 Å². The Bertz CT molecular complexity index is 339. The van der Waals surface area contributed by atoms with Crippen LogP contribution in [0.5, 0.6) is 5.75 Å². The maximum atomic E-state index is 5.18. The molecule has 1 saturated heterocycles. The van der Waals surface area contributed by atoms with E-state index in [-0.39, 0.29) is 0 Å². The second-order valence-corrected chi connectivity index (χ2v) is 4.43. The van der Waals surface area contributed by atoms with E-state index >= 15 is 0 Å². The Kier molecular flexibility index (Phi) is 3.61. The Morgan fingerprint density at radius 3 is 2.93 bits per heavy atom. The minimum atomic E-state index is 0.503. The molecule has 2 rings (SSSR count). The molecule has 0 atom stereocenters. The molecule has 0 radical (unpaired) electrons. The number of rotatable bonds is 4. The van der Waals surface area contributed by atoms with Crippen molar-refractivity contribution in [2.24, 2.45) is 0 Å². The molecular formula is C11H14BrNO2. The molecule has 0 aromatic heterocycles. The molecule has 4 heteroatoms. The molecule has 1 fully saturated rings. The summed E-state index contributed by atoms with van der Waals surface area (Å²) in [5.74, 6) is 0.889. The van der Waals surface area contributed by atoms with Crippen LogP contribution in [-0.2, 0) is 11.3 Å². The molecule has 0 spiro atoms. The fourth-order valence-corrected chi connectivity index (χ4v) is 1.81. The van der Waals surface area contributed by atoms with E-state index in [4.69, 9.17) is 9.47 Å². The zero-order chi connectivity index (χ0) is 10.7. The van der Waals surface area contributed by atoms with Crippen molar-refractivity contribution in [1.82, 2.24) is 5.32 Å². The average molecular weight is 272 g/mol. The summed E-state index contributed by atoms with van der Waals surface area (Å²) in [7, 11) is 1.68. The van der Waals surface area contributed by atoms with Crippen molar-refractivity contribution in [2.75, 3.05) is 20.3 Å². The summed E-state index contributed by atoms with van der Waals surface area (Å²) in [6.07, 6.45) is 0. The second-order valence-electron chi connectivity index (χ2n) is 3.57. The predicted octanol–water partition coefficient (Wildman–Crippen LogP) is 1.95. The first-order valence-electron chi connectivity index (χ1n) is 4.93. The van der Waals surface area contributed by atoms with E-state index in [9.17, 15) is 0 Å². The highest BCUT2D eigenvalue weighted by atomic mass is 79.9. The molecule has 82 valence electrons. The molecule has 1 aliphatic rings. The lowest BCUT2D eigenvalue weighted by atomic mass is 10.2. The minimum absolute atomic E-state index is 0.503. The molecule has 1 aromatic rings. The fraction of sp³-hybridized carbons (Fsp3) is 0.455. The van der Waals surface area contributed by atoms with Gasteiger partial charge in [-0.05, 0) is 23.8 Å². The van der Waals surface area contributed by atoms with Crippen molar-refractivity contribution in [1.29, 1.82) is 0 Å². The highest BCUT2D eigenvalue weighted by Crippen LogP contribution is 2.22. The van der Waals surface area contributed by atoms with Crippen LogP contribution in [0.3, 0.4) is 0 Å². The number of hydrogen-bond donors (Lipinski definition) is 1. The van der Waals surface area contributed by atoms with Gasteiger partial charge in [0.1, 0.15) is 5.75 Å². The van der Waals surface area contributed by atoms with E-state index in [2.05, 4.69) is 21.2 Å². The van der Waals surface area contributed by atoms with Gasteiger partial charge in [0.25, 0.3) is 0 Å². The van der Waals surface area contributed by atoms with Gasteiger partial charge >= 0.3 is 0 Å². The Balaban J connectivity index is 1.98. The van der Waals surface area contributed by atoms with E-state index in [1.807, 2.05) is 18.2 Å². The molecule has 1 heterocycles. The first-order valence-corrected chi connectivity index (χ1v) is 5.72. The average Bonchev–Trinajstić information content (AvgIpc) is 2.18. The second kappa shape index (κ2) is 4.96. The number of hydrogen-bond acceptors (Lipinski definition) is 3. The Morgan fingerprint density at radius 2 is 2.33 bits per heavy atom. The molecule has 0 amide bonds. The van der Waals surface area contributed by atoms with Crippen LogP contribution in [0, 0.1) is 0 Å². The van der Waals surface area contributed by atoms with Crippen LogP contribution in [0.15, 0.2) is 22.7 Å². The van der Waals surface area contributed by atoms with E-state index in [1.165, 1.54) is 5.56 Å². The lowest BCUT2D eigenvalue weighted by Crippen LogP contribution is -2.45. The van der Waals surface area contributed by atoms with Crippen molar-refractivity contribution < 1.29 is 9.47 Å². The molecule has 1 N–H and O–H groups in total. The molecule has 1 aromatic carbocycles. The summed E-state index contributed by atoms with van der Waals surface area (Å²) in [4.78, 5) is 0. The molecule has 0 unspecified atom stereocenters. The topological polar surface area (TPSA) is 30.5 Å². The summed E-state index contributed by atoms with van der Waals surface area (Å²) in [6.45, 7) is 2.48. The Labute approximate surface area is 97.9 Å². The van der Waals surface area contributed by atoms with Crippen LogP contribution >= 0.6 is 15.9 Å². The van der Waals surface area contributed by atoms with Gasteiger partial charge in [-0.15, -0.1) is 0 Å². The van der Waals surface area contributed by atoms with Crippen molar-refractivity contribution in [2.45, 2.75) is 12.6 Å². The maximum Gasteiger partial charge on any atom is 0.119 e. The third-order valence-electron chi connectivity index (χ3n) is 2.47. The molecule has 0 bridgehead atoms. The normalized spacial score (nSPS) is 16.1. The number of ether oxygens (including phenoxy) is 2. The molecule has 3 nitrogen and oxygen atoms in total. The molecule has 0 aliphatic carbocycles. The van der Waals surface area contributed by atoms with Crippen LogP contribution in [0.25, 0.3) is 0 Å². The van der Waals surface area contributed by atoms with Gasteiger partial charge in [-0.25, -0.2) is 0 Å². The number of methoxy groups -OCH3 is 1. The minimum Gasteiger partial charge on any atom is -0.497 e. The summed E-state index contributed by atoms with van der Waals surface area (Å²) >= 11 is 3.52. The largest absolute Gasteiger partial charge is 0.497 e. The van der Waals surface area contributed by atoms with Gasteiger partial charge in [0.2, 0.25) is 0 Å². The van der Waals surface area contributed by atoms with Crippen molar-refractivity contribution in [3.05, 3.63) is 28.2 Å². The van der Waals surface area contributed by atoms with Gasteiger partial charge in [0.05, 0.1) is 26.4 Å². The smallest absolute Gasteiger partial charge is 0.119 e. The monoisotopic (exact) mass is 271 g/mol. The maximum absolute atomic E-state index is 5.18. The summed E-state index contributed by atoms with van der Waals surface area (Å²) in [5.41, 5.74) is 1.21. The summed E-state index contributed by atoms with van der Waals surface area (Å²) < 4.78 is 11.4. The van der Waals surface area contributed by atoms with E-state index in [0.29, 0.717) is 6.04 Å². The quantitative estimate of drug-likeness (QED) is 0.908. The fourth-order valence-electron chi connectivity index (χ4n) is 1.42. The third-order valence-corrected chi connectivity index (χ3v) is 3.25.